The summed E-state index contributed by atoms with van der Waals surface area (Å²) < 4.78 is 5.80. The van der Waals surface area contributed by atoms with Crippen LogP contribution < -0.4 is 15.0 Å². The number of aryl methyl sites for hydroxylation is 1. The van der Waals surface area contributed by atoms with Crippen molar-refractivity contribution in [1.29, 1.82) is 0 Å². The van der Waals surface area contributed by atoms with Crippen LogP contribution in [0.1, 0.15) is 16.9 Å². The summed E-state index contributed by atoms with van der Waals surface area (Å²) in [6.07, 6.45) is 1.08. The Labute approximate surface area is 130 Å². The van der Waals surface area contributed by atoms with Gasteiger partial charge in [-0.3, -0.25) is 0 Å². The molecule has 0 atom stereocenters. The molecule has 1 aliphatic heterocycles. The zero-order chi connectivity index (χ0) is 14.5. The minimum atomic E-state index is 0.815. The number of nitrogens with zero attached hydrogens (tertiary/aromatic N) is 1. The molecular weight excluding hydrogens is 280 g/mol. The van der Waals surface area contributed by atoms with Gasteiger partial charge in [0, 0.05) is 31.1 Å². The van der Waals surface area contributed by atoms with E-state index in [9.17, 15) is 0 Å². The number of rotatable bonds is 5. The molecule has 0 amide bonds. The summed E-state index contributed by atoms with van der Waals surface area (Å²) >= 11 is 1.83. The predicted octanol–water partition coefficient (Wildman–Crippen LogP) is 3.44. The highest BCUT2D eigenvalue weighted by molar-refractivity contribution is 7.10. The van der Waals surface area contributed by atoms with Crippen molar-refractivity contribution in [3.63, 3.8) is 0 Å². The highest BCUT2D eigenvalue weighted by Gasteiger charge is 2.15. The van der Waals surface area contributed by atoms with E-state index < -0.39 is 0 Å². The van der Waals surface area contributed by atoms with Crippen LogP contribution in [-0.2, 0) is 6.54 Å². The maximum Gasteiger partial charge on any atom is 0.142 e. The summed E-state index contributed by atoms with van der Waals surface area (Å²) in [5.41, 5.74) is 2.62. The second-order valence-corrected chi connectivity index (χ2v) is 6.36. The molecule has 0 fully saturated rings. The van der Waals surface area contributed by atoms with Gasteiger partial charge in [-0.05, 0) is 42.5 Å². The second-order valence-electron chi connectivity index (χ2n) is 5.36. The minimum Gasteiger partial charge on any atom is -0.491 e. The zero-order valence-corrected chi connectivity index (χ0v) is 13.3. The lowest BCUT2D eigenvalue weighted by atomic mass is 10.2. The summed E-state index contributed by atoms with van der Waals surface area (Å²) in [6.45, 7) is 7.04. The van der Waals surface area contributed by atoms with Crippen molar-refractivity contribution < 1.29 is 4.74 Å². The molecule has 2 aromatic rings. The third kappa shape index (κ3) is 3.57. The van der Waals surface area contributed by atoms with Crippen LogP contribution in [0.5, 0.6) is 5.75 Å². The Morgan fingerprint density at radius 1 is 1.29 bits per heavy atom. The van der Waals surface area contributed by atoms with Gasteiger partial charge in [0.15, 0.2) is 0 Å². The van der Waals surface area contributed by atoms with Gasteiger partial charge in [0.1, 0.15) is 5.75 Å². The number of hydrogen-bond acceptors (Lipinski definition) is 4. The van der Waals surface area contributed by atoms with Gasteiger partial charge in [-0.1, -0.05) is 12.1 Å². The normalized spacial score (nSPS) is 14.4. The lowest BCUT2D eigenvalue weighted by Gasteiger charge is -2.23. The van der Waals surface area contributed by atoms with Crippen LogP contribution in [0.25, 0.3) is 0 Å². The van der Waals surface area contributed by atoms with Crippen molar-refractivity contribution in [2.45, 2.75) is 19.9 Å². The molecule has 21 heavy (non-hydrogen) atoms. The first kappa shape index (κ1) is 14.4. The Morgan fingerprint density at radius 3 is 3.05 bits per heavy atom. The van der Waals surface area contributed by atoms with Crippen molar-refractivity contribution >= 4 is 17.0 Å². The van der Waals surface area contributed by atoms with E-state index in [0.717, 1.165) is 45.0 Å². The largest absolute Gasteiger partial charge is 0.491 e. The molecule has 0 radical (unpaired) electrons. The molecule has 4 heteroatoms. The van der Waals surface area contributed by atoms with Gasteiger partial charge in [0.05, 0.1) is 12.3 Å². The summed E-state index contributed by atoms with van der Waals surface area (Å²) in [6, 6.07) is 10.5. The lowest BCUT2D eigenvalue weighted by Crippen LogP contribution is -2.32. The lowest BCUT2D eigenvalue weighted by molar-refractivity contribution is 0.322. The Kier molecular flexibility index (Phi) is 4.78. The molecule has 0 saturated heterocycles. The van der Waals surface area contributed by atoms with Gasteiger partial charge >= 0.3 is 0 Å². The number of nitrogens with one attached hydrogen (secondary N) is 1. The van der Waals surface area contributed by atoms with Crippen LogP contribution in [0, 0.1) is 6.92 Å². The molecule has 1 aromatic carbocycles. The van der Waals surface area contributed by atoms with E-state index in [2.05, 4.69) is 46.8 Å². The molecule has 1 N–H and O–H groups in total. The van der Waals surface area contributed by atoms with Gasteiger partial charge in [-0.2, -0.15) is 0 Å². The summed E-state index contributed by atoms with van der Waals surface area (Å²) in [7, 11) is 0. The first-order chi connectivity index (χ1) is 10.3. The third-order valence-electron chi connectivity index (χ3n) is 3.85. The maximum absolute atomic E-state index is 5.80. The highest BCUT2D eigenvalue weighted by Crippen LogP contribution is 2.29. The molecule has 0 unspecified atom stereocenters. The molecule has 1 aromatic heterocycles. The number of anilines is 1. The average molecular weight is 302 g/mol. The van der Waals surface area contributed by atoms with Crippen LogP contribution in [0.3, 0.4) is 0 Å². The SMILES string of the molecule is Cc1ccsc1CNCCN1CCCOc2ccccc21. The molecule has 1 aliphatic rings. The smallest absolute Gasteiger partial charge is 0.142 e. The van der Waals surface area contributed by atoms with Crippen molar-refractivity contribution in [2.75, 3.05) is 31.1 Å². The van der Waals surface area contributed by atoms with Crippen LogP contribution >= 0.6 is 11.3 Å². The molecule has 112 valence electrons. The van der Waals surface area contributed by atoms with Crippen molar-refractivity contribution in [3.05, 3.63) is 46.2 Å². The molecule has 2 heterocycles. The van der Waals surface area contributed by atoms with E-state index in [4.69, 9.17) is 4.74 Å². The molecule has 0 aliphatic carbocycles. The summed E-state index contributed by atoms with van der Waals surface area (Å²) in [5.74, 6) is 1.02. The highest BCUT2D eigenvalue weighted by atomic mass is 32.1. The van der Waals surface area contributed by atoms with Gasteiger partial charge in [0.2, 0.25) is 0 Å². The van der Waals surface area contributed by atoms with Gasteiger partial charge < -0.3 is 15.0 Å². The fourth-order valence-corrected chi connectivity index (χ4v) is 3.51. The van der Waals surface area contributed by atoms with Gasteiger partial charge in [0.25, 0.3) is 0 Å². The Hall–Kier alpha value is -1.52. The number of fused-ring (bicyclic) bond motifs is 1. The molecule has 0 saturated carbocycles. The van der Waals surface area contributed by atoms with Crippen LogP contribution in [0.2, 0.25) is 0 Å². The van der Waals surface area contributed by atoms with E-state index >= 15 is 0 Å². The van der Waals surface area contributed by atoms with Gasteiger partial charge in [-0.25, -0.2) is 0 Å². The number of thiophene rings is 1. The monoisotopic (exact) mass is 302 g/mol. The molecule has 0 spiro atoms. The fraction of sp³-hybridized carbons (Fsp3) is 0.412. The molecule has 3 rings (SSSR count). The topological polar surface area (TPSA) is 24.5 Å². The Balaban J connectivity index is 1.54. The minimum absolute atomic E-state index is 0.815. The second kappa shape index (κ2) is 6.96. The van der Waals surface area contributed by atoms with Crippen molar-refractivity contribution in [3.8, 4) is 5.75 Å². The molecule has 0 bridgehead atoms. The van der Waals surface area contributed by atoms with Crippen molar-refractivity contribution in [2.24, 2.45) is 0 Å². The third-order valence-corrected chi connectivity index (χ3v) is 4.87. The van der Waals surface area contributed by atoms with E-state index in [1.54, 1.807) is 0 Å². The van der Waals surface area contributed by atoms with Crippen molar-refractivity contribution in [1.82, 2.24) is 5.32 Å². The van der Waals surface area contributed by atoms with Crippen LogP contribution in [0.15, 0.2) is 35.7 Å². The van der Waals surface area contributed by atoms with Crippen LogP contribution in [-0.4, -0.2) is 26.2 Å². The van der Waals surface area contributed by atoms with E-state index in [0.29, 0.717) is 0 Å². The Bertz CT molecular complexity index is 582. The van der Waals surface area contributed by atoms with Gasteiger partial charge in [-0.15, -0.1) is 11.3 Å². The first-order valence-corrected chi connectivity index (χ1v) is 8.43. The quantitative estimate of drug-likeness (QED) is 0.856. The number of para-hydroxylation sites is 2. The average Bonchev–Trinajstić information content (AvgIpc) is 2.80. The fourth-order valence-electron chi connectivity index (χ4n) is 2.63. The van der Waals surface area contributed by atoms with Crippen LogP contribution in [0.4, 0.5) is 5.69 Å². The number of hydrogen-bond donors (Lipinski definition) is 1. The maximum atomic E-state index is 5.80. The van der Waals surface area contributed by atoms with E-state index in [1.165, 1.54) is 16.1 Å². The van der Waals surface area contributed by atoms with E-state index in [1.807, 2.05) is 17.4 Å². The Morgan fingerprint density at radius 2 is 2.19 bits per heavy atom. The van der Waals surface area contributed by atoms with E-state index in [-0.39, 0.29) is 0 Å². The predicted molar refractivity (Wildman–Crippen MR) is 89.5 cm³/mol. The zero-order valence-electron chi connectivity index (χ0n) is 12.5. The first-order valence-electron chi connectivity index (χ1n) is 7.55. The standard InChI is InChI=1S/C17H22N2OS/c1-14-7-12-21-17(14)13-18-8-10-19-9-4-11-20-16-6-3-2-5-15(16)19/h2-3,5-7,12,18H,4,8-11,13H2,1H3. The molecular formula is C17H22N2OS. The number of benzene rings is 1. The number of ether oxygens (including phenoxy) is 1. The molecule has 3 nitrogen and oxygen atoms in total. The summed E-state index contributed by atoms with van der Waals surface area (Å²) in [4.78, 5) is 3.87. The summed E-state index contributed by atoms with van der Waals surface area (Å²) in [5, 5.41) is 5.72.